The summed E-state index contributed by atoms with van der Waals surface area (Å²) < 4.78 is 4.95. The molecule has 0 spiro atoms. The minimum atomic E-state index is -0.167. The van der Waals surface area contributed by atoms with Crippen molar-refractivity contribution in [2.24, 2.45) is 0 Å². The second-order valence-corrected chi connectivity index (χ2v) is 5.82. The summed E-state index contributed by atoms with van der Waals surface area (Å²) in [5, 5.41) is 8.72. The Morgan fingerprint density at radius 1 is 1.04 bits per heavy atom. The highest BCUT2D eigenvalue weighted by Crippen LogP contribution is 2.10. The van der Waals surface area contributed by atoms with Crippen molar-refractivity contribution in [3.63, 3.8) is 0 Å². The van der Waals surface area contributed by atoms with Crippen molar-refractivity contribution >= 4 is 17.5 Å². The number of hydrogen-bond acceptors (Lipinski definition) is 4. The van der Waals surface area contributed by atoms with Crippen molar-refractivity contribution in [1.29, 1.82) is 0 Å². The first-order valence-electron chi connectivity index (χ1n) is 8.60. The molecule has 0 saturated heterocycles. The van der Waals surface area contributed by atoms with Gasteiger partial charge in [0.1, 0.15) is 0 Å². The Labute approximate surface area is 153 Å². The third-order valence-electron chi connectivity index (χ3n) is 3.68. The SMILES string of the molecule is COCCCNC(=O)c1cccc(NC(=O)CNCc2ccccc2)c1. The maximum absolute atomic E-state index is 12.1. The third kappa shape index (κ3) is 7.04. The molecule has 0 radical (unpaired) electrons. The molecule has 6 nitrogen and oxygen atoms in total. The highest BCUT2D eigenvalue weighted by atomic mass is 16.5. The van der Waals surface area contributed by atoms with Crippen molar-refractivity contribution in [1.82, 2.24) is 10.6 Å². The number of carbonyl (C=O) groups excluding carboxylic acids is 2. The van der Waals surface area contributed by atoms with Gasteiger partial charge in [0.2, 0.25) is 5.91 Å². The van der Waals surface area contributed by atoms with Crippen LogP contribution in [0.5, 0.6) is 0 Å². The molecule has 0 fully saturated rings. The average molecular weight is 355 g/mol. The van der Waals surface area contributed by atoms with Crippen molar-refractivity contribution in [2.45, 2.75) is 13.0 Å². The van der Waals surface area contributed by atoms with Crippen molar-refractivity contribution in [2.75, 3.05) is 32.1 Å². The van der Waals surface area contributed by atoms with Crippen LogP contribution in [-0.4, -0.2) is 38.6 Å². The molecule has 6 heteroatoms. The number of benzene rings is 2. The summed E-state index contributed by atoms with van der Waals surface area (Å²) in [6.45, 7) is 1.97. The predicted octanol–water partition coefficient (Wildman–Crippen LogP) is 2.18. The fourth-order valence-electron chi connectivity index (χ4n) is 2.38. The highest BCUT2D eigenvalue weighted by Gasteiger charge is 2.07. The second-order valence-electron chi connectivity index (χ2n) is 5.82. The number of nitrogens with one attached hydrogen (secondary N) is 3. The Morgan fingerprint density at radius 3 is 2.62 bits per heavy atom. The van der Waals surface area contributed by atoms with Gasteiger partial charge < -0.3 is 20.7 Å². The van der Waals surface area contributed by atoms with Crippen LogP contribution in [0.3, 0.4) is 0 Å². The lowest BCUT2D eigenvalue weighted by atomic mass is 10.2. The van der Waals surface area contributed by atoms with E-state index in [4.69, 9.17) is 4.74 Å². The lowest BCUT2D eigenvalue weighted by Crippen LogP contribution is -2.28. The topological polar surface area (TPSA) is 79.5 Å². The first-order chi connectivity index (χ1) is 12.7. The van der Waals surface area contributed by atoms with E-state index in [0.29, 0.717) is 30.9 Å². The van der Waals surface area contributed by atoms with Crippen LogP contribution in [0.15, 0.2) is 54.6 Å². The number of methoxy groups -OCH3 is 1. The van der Waals surface area contributed by atoms with Crippen LogP contribution in [-0.2, 0) is 16.1 Å². The summed E-state index contributed by atoms with van der Waals surface area (Å²) in [4.78, 5) is 24.1. The number of ether oxygens (including phenoxy) is 1. The molecule has 2 aromatic rings. The van der Waals surface area contributed by atoms with Gasteiger partial charge in [0, 0.05) is 38.1 Å². The van der Waals surface area contributed by atoms with E-state index in [-0.39, 0.29) is 18.4 Å². The molecule has 2 amide bonds. The van der Waals surface area contributed by atoms with Crippen LogP contribution in [0, 0.1) is 0 Å². The molecular weight excluding hydrogens is 330 g/mol. The molecule has 0 unspecified atom stereocenters. The van der Waals surface area contributed by atoms with Gasteiger partial charge in [0.25, 0.3) is 5.91 Å². The molecule has 2 aromatic carbocycles. The summed E-state index contributed by atoms with van der Waals surface area (Å²) in [6, 6.07) is 16.8. The lowest BCUT2D eigenvalue weighted by Gasteiger charge is -2.09. The van der Waals surface area contributed by atoms with E-state index in [9.17, 15) is 9.59 Å². The minimum absolute atomic E-state index is 0.154. The molecule has 2 rings (SSSR count). The Kier molecular flexibility index (Phi) is 8.32. The van der Waals surface area contributed by atoms with Crippen molar-refractivity contribution in [3.05, 3.63) is 65.7 Å². The average Bonchev–Trinajstić information content (AvgIpc) is 2.66. The molecular formula is C20H25N3O3. The van der Waals surface area contributed by atoms with Gasteiger partial charge in [0.05, 0.1) is 6.54 Å². The maximum Gasteiger partial charge on any atom is 0.251 e. The monoisotopic (exact) mass is 355 g/mol. The molecule has 138 valence electrons. The number of rotatable bonds is 10. The van der Waals surface area contributed by atoms with Gasteiger partial charge in [-0.25, -0.2) is 0 Å². The first kappa shape index (κ1) is 19.6. The second kappa shape index (κ2) is 11.0. The number of carbonyl (C=O) groups is 2. The zero-order valence-corrected chi connectivity index (χ0v) is 15.0. The van der Waals surface area contributed by atoms with E-state index in [0.717, 1.165) is 12.0 Å². The summed E-state index contributed by atoms with van der Waals surface area (Å²) >= 11 is 0. The van der Waals surface area contributed by atoms with Crippen LogP contribution in [0.4, 0.5) is 5.69 Å². The molecule has 0 heterocycles. The van der Waals surface area contributed by atoms with Crippen molar-refractivity contribution < 1.29 is 14.3 Å². The Bertz CT molecular complexity index is 704. The molecule has 0 aliphatic rings. The van der Waals surface area contributed by atoms with Crippen molar-refractivity contribution in [3.8, 4) is 0 Å². The van der Waals surface area contributed by atoms with Crippen LogP contribution in [0.25, 0.3) is 0 Å². The van der Waals surface area contributed by atoms with E-state index in [1.54, 1.807) is 31.4 Å². The number of hydrogen-bond donors (Lipinski definition) is 3. The lowest BCUT2D eigenvalue weighted by molar-refractivity contribution is -0.115. The van der Waals surface area contributed by atoms with Crippen LogP contribution >= 0.6 is 0 Å². The smallest absolute Gasteiger partial charge is 0.251 e. The van der Waals surface area contributed by atoms with E-state index in [1.807, 2.05) is 30.3 Å². The molecule has 26 heavy (non-hydrogen) atoms. The van der Waals surface area contributed by atoms with Gasteiger partial charge in [-0.15, -0.1) is 0 Å². The predicted molar refractivity (Wildman–Crippen MR) is 102 cm³/mol. The van der Waals surface area contributed by atoms with E-state index < -0.39 is 0 Å². The molecule has 0 aliphatic heterocycles. The number of anilines is 1. The normalized spacial score (nSPS) is 10.3. The summed E-state index contributed by atoms with van der Waals surface area (Å²) in [6.07, 6.45) is 0.756. The molecule has 3 N–H and O–H groups in total. The molecule has 0 aromatic heterocycles. The Morgan fingerprint density at radius 2 is 1.85 bits per heavy atom. The standard InChI is InChI=1S/C20H25N3O3/c1-26-12-6-11-22-20(25)17-9-5-10-18(13-17)23-19(24)15-21-14-16-7-3-2-4-8-16/h2-5,7-10,13,21H,6,11-12,14-15H2,1H3,(H,22,25)(H,23,24). The van der Waals surface area contributed by atoms with E-state index >= 15 is 0 Å². The van der Waals surface area contributed by atoms with E-state index in [1.165, 1.54) is 0 Å². The molecule has 0 bridgehead atoms. The molecule has 0 atom stereocenters. The van der Waals surface area contributed by atoms with Gasteiger partial charge in [-0.3, -0.25) is 9.59 Å². The van der Waals surface area contributed by atoms with Crippen LogP contribution in [0.2, 0.25) is 0 Å². The summed E-state index contributed by atoms with van der Waals surface area (Å²) in [7, 11) is 1.63. The minimum Gasteiger partial charge on any atom is -0.385 e. The Hall–Kier alpha value is -2.70. The fraction of sp³-hybridized carbons (Fsp3) is 0.300. The van der Waals surface area contributed by atoms with Gasteiger partial charge in [-0.1, -0.05) is 36.4 Å². The van der Waals surface area contributed by atoms with Gasteiger partial charge >= 0.3 is 0 Å². The molecule has 0 aliphatic carbocycles. The van der Waals surface area contributed by atoms with Crippen LogP contribution < -0.4 is 16.0 Å². The maximum atomic E-state index is 12.1. The third-order valence-corrected chi connectivity index (χ3v) is 3.68. The van der Waals surface area contributed by atoms with Gasteiger partial charge in [-0.05, 0) is 30.2 Å². The largest absolute Gasteiger partial charge is 0.385 e. The van der Waals surface area contributed by atoms with Gasteiger partial charge in [0.15, 0.2) is 0 Å². The first-order valence-corrected chi connectivity index (χ1v) is 8.60. The highest BCUT2D eigenvalue weighted by molar-refractivity contribution is 5.97. The zero-order valence-electron chi connectivity index (χ0n) is 15.0. The summed E-state index contributed by atoms with van der Waals surface area (Å²) in [5.41, 5.74) is 2.23. The number of amides is 2. The Balaban J connectivity index is 1.77. The molecule has 0 saturated carbocycles. The fourth-order valence-corrected chi connectivity index (χ4v) is 2.38. The quantitative estimate of drug-likeness (QED) is 0.571. The zero-order chi connectivity index (χ0) is 18.6. The van der Waals surface area contributed by atoms with E-state index in [2.05, 4.69) is 16.0 Å². The summed E-state index contributed by atoms with van der Waals surface area (Å²) in [5.74, 6) is -0.321. The van der Waals surface area contributed by atoms with Crippen LogP contribution in [0.1, 0.15) is 22.3 Å². The van der Waals surface area contributed by atoms with Gasteiger partial charge in [-0.2, -0.15) is 0 Å².